The van der Waals surface area contributed by atoms with Crippen molar-refractivity contribution in [2.24, 2.45) is 5.73 Å². The van der Waals surface area contributed by atoms with Gasteiger partial charge in [0.25, 0.3) is 5.91 Å². The second kappa shape index (κ2) is 4.61. The highest BCUT2D eigenvalue weighted by Gasteiger charge is 2.26. The Morgan fingerprint density at radius 2 is 2.25 bits per heavy atom. The summed E-state index contributed by atoms with van der Waals surface area (Å²) < 4.78 is 0. The number of carbonyl (C=O) groups excluding carboxylic acids is 1. The summed E-state index contributed by atoms with van der Waals surface area (Å²) in [6.45, 7) is 0.223. The number of amides is 1. The van der Waals surface area contributed by atoms with Crippen molar-refractivity contribution >= 4 is 11.6 Å². The first-order valence-corrected chi connectivity index (χ1v) is 5.15. The second-order valence-corrected chi connectivity index (χ2v) is 3.62. The molecule has 1 heterocycles. The fourth-order valence-electron chi connectivity index (χ4n) is 1.69. The molecule has 0 radical (unpaired) electrons. The van der Waals surface area contributed by atoms with E-state index in [1.165, 1.54) is 5.06 Å². The third-order valence-electron chi connectivity index (χ3n) is 2.51. The average Bonchev–Trinajstić information content (AvgIpc) is 2.74. The fourth-order valence-corrected chi connectivity index (χ4v) is 1.69. The molecule has 0 bridgehead atoms. The first-order chi connectivity index (χ1) is 7.74. The molecular formula is C11H14N2O3. The number of nitrogens with two attached hydrogens (primary N) is 1. The summed E-state index contributed by atoms with van der Waals surface area (Å²) in [5, 5.41) is 10.3. The Hall–Kier alpha value is -1.43. The van der Waals surface area contributed by atoms with Gasteiger partial charge in [0.1, 0.15) is 0 Å². The van der Waals surface area contributed by atoms with Gasteiger partial charge < -0.3 is 10.8 Å². The number of nitrogens with zero attached hydrogens (tertiary/aromatic N) is 1. The number of aliphatic hydroxyl groups excluding tert-OH is 1. The van der Waals surface area contributed by atoms with Crippen LogP contribution in [-0.4, -0.2) is 24.2 Å². The first-order valence-electron chi connectivity index (χ1n) is 5.15. The van der Waals surface area contributed by atoms with Gasteiger partial charge in [-0.25, -0.2) is 0 Å². The number of anilines is 1. The Kier molecular flexibility index (Phi) is 3.19. The number of hydroxylamine groups is 1. The number of hydrogen-bond acceptors (Lipinski definition) is 4. The van der Waals surface area contributed by atoms with Gasteiger partial charge in [-0.15, -0.1) is 0 Å². The van der Waals surface area contributed by atoms with Crippen LogP contribution in [0.5, 0.6) is 0 Å². The van der Waals surface area contributed by atoms with Crippen LogP contribution in [0.4, 0.5) is 5.69 Å². The van der Waals surface area contributed by atoms with Crippen LogP contribution in [0.1, 0.15) is 18.0 Å². The van der Waals surface area contributed by atoms with Crippen molar-refractivity contribution in [2.75, 3.05) is 18.3 Å². The molecule has 1 atom stereocenters. The molecule has 3 N–H and O–H groups in total. The summed E-state index contributed by atoms with van der Waals surface area (Å²) in [5.74, 6) is -0.0856. The number of carbonyl (C=O) groups is 1. The lowest BCUT2D eigenvalue weighted by Crippen LogP contribution is -2.26. The standard InChI is InChI=1S/C11H14N2O3/c12-9(7-14)8-3-1-2-4-10(8)13-11(15)5-6-16-13/h1-4,9,14H,5-7,12H2. The summed E-state index contributed by atoms with van der Waals surface area (Å²) in [6.07, 6.45) is 0.378. The quantitative estimate of drug-likeness (QED) is 0.773. The van der Waals surface area contributed by atoms with Crippen LogP contribution in [0.2, 0.25) is 0 Å². The Morgan fingerprint density at radius 1 is 1.50 bits per heavy atom. The summed E-state index contributed by atoms with van der Waals surface area (Å²) in [7, 11) is 0. The van der Waals surface area contributed by atoms with Crippen molar-refractivity contribution in [3.63, 3.8) is 0 Å². The van der Waals surface area contributed by atoms with Gasteiger partial charge in [0.2, 0.25) is 0 Å². The van der Waals surface area contributed by atoms with E-state index >= 15 is 0 Å². The molecule has 5 heteroatoms. The predicted octanol–water partition coefficient (Wildman–Crippen LogP) is 0.347. The van der Waals surface area contributed by atoms with Crippen LogP contribution in [0.15, 0.2) is 24.3 Å². The SMILES string of the molecule is NC(CO)c1ccccc1N1OCCC1=O. The number of aliphatic hydroxyl groups is 1. The van der Waals surface area contributed by atoms with Crippen LogP contribution in [-0.2, 0) is 9.63 Å². The maximum Gasteiger partial charge on any atom is 0.253 e. The number of para-hydroxylation sites is 1. The van der Waals surface area contributed by atoms with Crippen LogP contribution in [0.3, 0.4) is 0 Å². The van der Waals surface area contributed by atoms with E-state index in [4.69, 9.17) is 15.7 Å². The zero-order valence-electron chi connectivity index (χ0n) is 8.80. The van der Waals surface area contributed by atoms with Gasteiger partial charge in [-0.05, 0) is 11.6 Å². The Balaban J connectivity index is 2.36. The summed E-state index contributed by atoms with van der Waals surface area (Å²) in [6, 6.07) is 6.65. The van der Waals surface area contributed by atoms with Gasteiger partial charge in [0.15, 0.2) is 0 Å². The van der Waals surface area contributed by atoms with E-state index in [-0.39, 0.29) is 12.5 Å². The minimum absolute atomic E-state index is 0.0856. The lowest BCUT2D eigenvalue weighted by molar-refractivity contribution is -0.119. The molecule has 1 aromatic carbocycles. The zero-order valence-corrected chi connectivity index (χ0v) is 8.80. The molecule has 1 aliphatic rings. The molecule has 0 saturated carbocycles. The Bertz CT molecular complexity index is 395. The van der Waals surface area contributed by atoms with Crippen LogP contribution < -0.4 is 10.8 Å². The van der Waals surface area contributed by atoms with E-state index in [1.807, 2.05) is 6.07 Å². The summed E-state index contributed by atoms with van der Waals surface area (Å²) in [4.78, 5) is 16.8. The normalized spacial score (nSPS) is 17.9. The number of hydrogen-bond donors (Lipinski definition) is 2. The highest BCUT2D eigenvalue weighted by Crippen LogP contribution is 2.27. The predicted molar refractivity (Wildman–Crippen MR) is 58.5 cm³/mol. The van der Waals surface area contributed by atoms with Crippen LogP contribution in [0.25, 0.3) is 0 Å². The first kappa shape index (κ1) is 11.1. The van der Waals surface area contributed by atoms with Gasteiger partial charge in [-0.1, -0.05) is 18.2 Å². The van der Waals surface area contributed by atoms with E-state index in [2.05, 4.69) is 0 Å². The largest absolute Gasteiger partial charge is 0.394 e. The minimum Gasteiger partial charge on any atom is -0.394 e. The second-order valence-electron chi connectivity index (χ2n) is 3.62. The summed E-state index contributed by atoms with van der Waals surface area (Å²) in [5.41, 5.74) is 7.09. The van der Waals surface area contributed by atoms with E-state index in [1.54, 1.807) is 18.2 Å². The molecule has 86 valence electrons. The highest BCUT2D eigenvalue weighted by molar-refractivity contribution is 5.93. The molecular weight excluding hydrogens is 208 g/mol. The van der Waals surface area contributed by atoms with Crippen molar-refractivity contribution in [1.29, 1.82) is 0 Å². The molecule has 0 spiro atoms. The molecule has 1 aliphatic heterocycles. The Labute approximate surface area is 93.4 Å². The molecule has 1 saturated heterocycles. The van der Waals surface area contributed by atoms with Crippen molar-refractivity contribution in [3.05, 3.63) is 29.8 Å². The monoisotopic (exact) mass is 222 g/mol. The van der Waals surface area contributed by atoms with Crippen molar-refractivity contribution in [2.45, 2.75) is 12.5 Å². The number of benzene rings is 1. The third-order valence-corrected chi connectivity index (χ3v) is 2.51. The zero-order chi connectivity index (χ0) is 11.5. The fraction of sp³-hybridized carbons (Fsp3) is 0.364. The molecule has 2 rings (SSSR count). The third kappa shape index (κ3) is 1.92. The van der Waals surface area contributed by atoms with Crippen molar-refractivity contribution in [1.82, 2.24) is 0 Å². The maximum absolute atomic E-state index is 11.5. The van der Waals surface area contributed by atoms with Crippen molar-refractivity contribution < 1.29 is 14.7 Å². The van der Waals surface area contributed by atoms with E-state index < -0.39 is 6.04 Å². The van der Waals surface area contributed by atoms with Crippen molar-refractivity contribution in [3.8, 4) is 0 Å². The van der Waals surface area contributed by atoms with Gasteiger partial charge in [0.05, 0.1) is 31.4 Å². The maximum atomic E-state index is 11.5. The van der Waals surface area contributed by atoms with Gasteiger partial charge >= 0.3 is 0 Å². The average molecular weight is 222 g/mol. The molecule has 1 amide bonds. The molecule has 1 fully saturated rings. The molecule has 5 nitrogen and oxygen atoms in total. The molecule has 0 aromatic heterocycles. The Morgan fingerprint density at radius 3 is 2.88 bits per heavy atom. The smallest absolute Gasteiger partial charge is 0.253 e. The molecule has 16 heavy (non-hydrogen) atoms. The topological polar surface area (TPSA) is 75.8 Å². The van der Waals surface area contributed by atoms with Gasteiger partial charge in [-0.3, -0.25) is 9.63 Å². The molecule has 0 aliphatic carbocycles. The van der Waals surface area contributed by atoms with Gasteiger partial charge in [0, 0.05) is 0 Å². The van der Waals surface area contributed by atoms with Gasteiger partial charge in [-0.2, -0.15) is 5.06 Å². The molecule has 1 aromatic rings. The summed E-state index contributed by atoms with van der Waals surface area (Å²) >= 11 is 0. The molecule has 1 unspecified atom stereocenters. The van der Waals surface area contributed by atoms with E-state index in [9.17, 15) is 4.79 Å². The van der Waals surface area contributed by atoms with E-state index in [0.717, 1.165) is 0 Å². The highest BCUT2D eigenvalue weighted by atomic mass is 16.7. The van der Waals surface area contributed by atoms with E-state index in [0.29, 0.717) is 24.3 Å². The van der Waals surface area contributed by atoms with Crippen LogP contribution >= 0.6 is 0 Å². The minimum atomic E-state index is -0.506. The van der Waals surface area contributed by atoms with Crippen LogP contribution in [0, 0.1) is 0 Å². The lowest BCUT2D eigenvalue weighted by atomic mass is 10.1. The lowest BCUT2D eigenvalue weighted by Gasteiger charge is -2.20. The number of rotatable bonds is 3.